The van der Waals surface area contributed by atoms with Crippen LogP contribution in [0.1, 0.15) is 13.3 Å². The smallest absolute Gasteiger partial charge is 0.315 e. The van der Waals surface area contributed by atoms with Gasteiger partial charge in [-0.1, -0.05) is 0 Å². The lowest BCUT2D eigenvalue weighted by atomic mass is 10.4. The van der Waals surface area contributed by atoms with Crippen molar-refractivity contribution < 1.29 is 14.3 Å². The molecule has 0 saturated heterocycles. The molecule has 0 unspecified atom stereocenters. The SMILES string of the molecule is CCOC(=O)CC1=NCCO1. The molecule has 0 radical (unpaired) electrons. The number of hydrogen-bond donors (Lipinski definition) is 0. The van der Waals surface area contributed by atoms with Gasteiger partial charge in [0.15, 0.2) is 5.90 Å². The molecule has 4 heteroatoms. The largest absolute Gasteiger partial charge is 0.479 e. The second-order valence-electron chi connectivity index (χ2n) is 2.11. The quantitative estimate of drug-likeness (QED) is 0.556. The predicted octanol–water partition coefficient (Wildman–Crippen LogP) is 0.368. The molecule has 0 amide bonds. The zero-order valence-corrected chi connectivity index (χ0v) is 6.50. The van der Waals surface area contributed by atoms with Crippen molar-refractivity contribution in [1.29, 1.82) is 0 Å². The highest BCUT2D eigenvalue weighted by Gasteiger charge is 2.12. The zero-order valence-electron chi connectivity index (χ0n) is 6.50. The molecular formula is C7H11NO3. The van der Waals surface area contributed by atoms with Crippen molar-refractivity contribution in [3.8, 4) is 0 Å². The van der Waals surface area contributed by atoms with Crippen LogP contribution < -0.4 is 0 Å². The van der Waals surface area contributed by atoms with E-state index in [1.54, 1.807) is 6.92 Å². The van der Waals surface area contributed by atoms with E-state index in [0.717, 1.165) is 0 Å². The number of carbonyl (C=O) groups excluding carboxylic acids is 1. The van der Waals surface area contributed by atoms with E-state index in [0.29, 0.717) is 25.7 Å². The van der Waals surface area contributed by atoms with Crippen LogP contribution in [0, 0.1) is 0 Å². The third kappa shape index (κ3) is 2.57. The van der Waals surface area contributed by atoms with E-state index >= 15 is 0 Å². The van der Waals surface area contributed by atoms with Crippen LogP contribution >= 0.6 is 0 Å². The van der Waals surface area contributed by atoms with Crippen LogP contribution in [0.25, 0.3) is 0 Å². The highest BCUT2D eigenvalue weighted by molar-refractivity contribution is 5.94. The third-order valence-electron chi connectivity index (χ3n) is 1.25. The Morgan fingerprint density at radius 1 is 1.82 bits per heavy atom. The lowest BCUT2D eigenvalue weighted by Crippen LogP contribution is -2.11. The summed E-state index contributed by atoms with van der Waals surface area (Å²) in [6.07, 6.45) is 0.174. The minimum absolute atomic E-state index is 0.174. The monoisotopic (exact) mass is 157 g/mol. The average molecular weight is 157 g/mol. The van der Waals surface area contributed by atoms with E-state index in [2.05, 4.69) is 4.99 Å². The molecule has 0 aromatic rings. The molecule has 0 fully saturated rings. The summed E-state index contributed by atoms with van der Waals surface area (Å²) in [5.74, 6) is 0.233. The summed E-state index contributed by atoms with van der Waals surface area (Å²) in [6, 6.07) is 0. The van der Waals surface area contributed by atoms with E-state index in [-0.39, 0.29) is 12.4 Å². The van der Waals surface area contributed by atoms with Crippen LogP contribution in [0.3, 0.4) is 0 Å². The fourth-order valence-electron chi connectivity index (χ4n) is 0.822. The van der Waals surface area contributed by atoms with Gasteiger partial charge in [0, 0.05) is 0 Å². The number of hydrogen-bond acceptors (Lipinski definition) is 4. The number of rotatable bonds is 3. The zero-order chi connectivity index (χ0) is 8.10. The maximum absolute atomic E-state index is 10.8. The molecule has 0 spiro atoms. The van der Waals surface area contributed by atoms with E-state index < -0.39 is 0 Å². The van der Waals surface area contributed by atoms with E-state index in [1.165, 1.54) is 0 Å². The second kappa shape index (κ2) is 3.95. The third-order valence-corrected chi connectivity index (χ3v) is 1.25. The molecule has 0 saturated carbocycles. The first-order valence-corrected chi connectivity index (χ1v) is 3.64. The Morgan fingerprint density at radius 2 is 2.64 bits per heavy atom. The summed E-state index contributed by atoms with van der Waals surface area (Å²) >= 11 is 0. The Kier molecular flexibility index (Phi) is 2.89. The van der Waals surface area contributed by atoms with Gasteiger partial charge in [-0.2, -0.15) is 0 Å². The highest BCUT2D eigenvalue weighted by atomic mass is 16.5. The number of nitrogens with zero attached hydrogens (tertiary/aromatic N) is 1. The second-order valence-corrected chi connectivity index (χ2v) is 2.11. The minimum Gasteiger partial charge on any atom is -0.479 e. The Hall–Kier alpha value is -1.06. The van der Waals surface area contributed by atoms with Crippen molar-refractivity contribution >= 4 is 11.9 Å². The van der Waals surface area contributed by atoms with Gasteiger partial charge in [-0.25, -0.2) is 0 Å². The fraction of sp³-hybridized carbons (Fsp3) is 0.714. The van der Waals surface area contributed by atoms with E-state index in [1.807, 2.05) is 0 Å². The molecule has 0 atom stereocenters. The minimum atomic E-state index is -0.270. The van der Waals surface area contributed by atoms with Gasteiger partial charge in [0.05, 0.1) is 13.2 Å². The first kappa shape index (κ1) is 8.04. The van der Waals surface area contributed by atoms with E-state index in [4.69, 9.17) is 9.47 Å². The molecule has 1 aliphatic rings. The van der Waals surface area contributed by atoms with E-state index in [9.17, 15) is 4.79 Å². The molecule has 1 rings (SSSR count). The molecule has 0 bridgehead atoms. The topological polar surface area (TPSA) is 47.9 Å². The first-order chi connectivity index (χ1) is 5.33. The van der Waals surface area contributed by atoms with Crippen LogP contribution in [0.5, 0.6) is 0 Å². The fourth-order valence-corrected chi connectivity index (χ4v) is 0.822. The van der Waals surface area contributed by atoms with Crippen molar-refractivity contribution in [2.24, 2.45) is 4.99 Å². The van der Waals surface area contributed by atoms with Crippen molar-refractivity contribution in [3.05, 3.63) is 0 Å². The first-order valence-electron chi connectivity index (χ1n) is 3.64. The van der Waals surface area contributed by atoms with Crippen molar-refractivity contribution in [2.75, 3.05) is 19.8 Å². The number of carbonyl (C=O) groups is 1. The van der Waals surface area contributed by atoms with Crippen LogP contribution in [0.15, 0.2) is 4.99 Å². The number of esters is 1. The lowest BCUT2D eigenvalue weighted by molar-refractivity contribution is -0.141. The van der Waals surface area contributed by atoms with Gasteiger partial charge >= 0.3 is 5.97 Å². The van der Waals surface area contributed by atoms with Gasteiger partial charge in [0.1, 0.15) is 13.0 Å². The van der Waals surface area contributed by atoms with Gasteiger partial charge in [0.2, 0.25) is 0 Å². The van der Waals surface area contributed by atoms with Crippen LogP contribution in [0.4, 0.5) is 0 Å². The normalized spacial score (nSPS) is 15.5. The Labute approximate surface area is 65.2 Å². The Morgan fingerprint density at radius 3 is 3.18 bits per heavy atom. The van der Waals surface area contributed by atoms with Gasteiger partial charge < -0.3 is 9.47 Å². The molecule has 0 aliphatic carbocycles. The maximum Gasteiger partial charge on any atom is 0.315 e. The Balaban J connectivity index is 2.24. The van der Waals surface area contributed by atoms with Crippen LogP contribution in [0.2, 0.25) is 0 Å². The summed E-state index contributed by atoms with van der Waals surface area (Å²) in [6.45, 7) is 3.44. The molecule has 0 aromatic carbocycles. The average Bonchev–Trinajstić information content (AvgIpc) is 2.40. The van der Waals surface area contributed by atoms with Crippen LogP contribution in [-0.2, 0) is 14.3 Å². The summed E-state index contributed by atoms with van der Waals surface area (Å²) in [5, 5.41) is 0. The van der Waals surface area contributed by atoms with Gasteiger partial charge in [-0.3, -0.25) is 9.79 Å². The summed E-state index contributed by atoms with van der Waals surface area (Å²) in [4.78, 5) is 14.8. The summed E-state index contributed by atoms with van der Waals surface area (Å²) < 4.78 is 9.72. The predicted molar refractivity (Wildman–Crippen MR) is 39.5 cm³/mol. The highest BCUT2D eigenvalue weighted by Crippen LogP contribution is 1.99. The molecule has 4 nitrogen and oxygen atoms in total. The molecule has 11 heavy (non-hydrogen) atoms. The summed E-state index contributed by atoms with van der Waals surface area (Å²) in [7, 11) is 0. The maximum atomic E-state index is 10.8. The molecule has 1 aliphatic heterocycles. The summed E-state index contributed by atoms with van der Waals surface area (Å²) in [5.41, 5.74) is 0. The lowest BCUT2D eigenvalue weighted by Gasteiger charge is -2.00. The van der Waals surface area contributed by atoms with Gasteiger partial charge in [-0.15, -0.1) is 0 Å². The van der Waals surface area contributed by atoms with Gasteiger partial charge in [-0.05, 0) is 6.92 Å². The standard InChI is InChI=1S/C7H11NO3/c1-2-10-7(9)5-6-8-3-4-11-6/h2-5H2,1H3. The molecule has 0 aromatic heterocycles. The van der Waals surface area contributed by atoms with Crippen molar-refractivity contribution in [3.63, 3.8) is 0 Å². The molecule has 1 heterocycles. The van der Waals surface area contributed by atoms with Crippen molar-refractivity contribution in [1.82, 2.24) is 0 Å². The van der Waals surface area contributed by atoms with Crippen molar-refractivity contribution in [2.45, 2.75) is 13.3 Å². The molecule has 0 N–H and O–H groups in total. The molecular weight excluding hydrogens is 146 g/mol. The number of ether oxygens (including phenoxy) is 2. The number of aliphatic imine (C=N–C) groups is 1. The van der Waals surface area contributed by atoms with Crippen LogP contribution in [-0.4, -0.2) is 31.6 Å². The Bertz CT molecular complexity index is 177. The van der Waals surface area contributed by atoms with Gasteiger partial charge in [0.25, 0.3) is 0 Å². The molecule has 62 valence electrons.